The van der Waals surface area contributed by atoms with Crippen LogP contribution in [0.3, 0.4) is 0 Å². The van der Waals surface area contributed by atoms with Gasteiger partial charge in [-0.15, -0.1) is 0 Å². The van der Waals surface area contributed by atoms with E-state index in [2.05, 4.69) is 0 Å². The van der Waals surface area contributed by atoms with Crippen molar-refractivity contribution in [1.29, 1.82) is 0 Å². The van der Waals surface area contributed by atoms with E-state index >= 15 is 0 Å². The first-order valence-electron chi connectivity index (χ1n) is 7.09. The Morgan fingerprint density at radius 1 is 1.36 bits per heavy atom. The minimum atomic E-state index is -3.64. The van der Waals surface area contributed by atoms with Gasteiger partial charge in [0.05, 0.1) is 4.92 Å². The summed E-state index contributed by atoms with van der Waals surface area (Å²) in [6.07, 6.45) is 6.16. The topological polar surface area (TPSA) is 80.5 Å². The van der Waals surface area contributed by atoms with Crippen molar-refractivity contribution in [2.75, 3.05) is 30.5 Å². The Kier molecular flexibility index (Phi) is 5.33. The minimum absolute atomic E-state index is 0.208. The molecule has 1 atom stereocenters. The van der Waals surface area contributed by atoms with Gasteiger partial charge in [0.15, 0.2) is 9.84 Å². The fourth-order valence-electron chi connectivity index (χ4n) is 2.76. The van der Waals surface area contributed by atoms with E-state index in [1.807, 2.05) is 11.2 Å². The van der Waals surface area contributed by atoms with Crippen molar-refractivity contribution in [3.8, 4) is 0 Å². The first kappa shape index (κ1) is 17.1. The smallest absolute Gasteiger partial charge is 0.311 e. The molecule has 122 valence electrons. The Morgan fingerprint density at radius 2 is 2.09 bits per heavy atom. The van der Waals surface area contributed by atoms with Crippen LogP contribution in [0.5, 0.6) is 0 Å². The van der Waals surface area contributed by atoms with Gasteiger partial charge in [-0.05, 0) is 31.2 Å². The summed E-state index contributed by atoms with van der Waals surface area (Å²) in [6.45, 7) is 1.42. The fourth-order valence-corrected chi connectivity index (χ4v) is 4.35. The Morgan fingerprint density at radius 3 is 2.68 bits per heavy atom. The summed E-state index contributed by atoms with van der Waals surface area (Å²) >= 11 is 1.75. The van der Waals surface area contributed by atoms with Gasteiger partial charge in [0.1, 0.15) is 10.6 Å². The van der Waals surface area contributed by atoms with E-state index in [1.165, 1.54) is 6.07 Å². The van der Waals surface area contributed by atoms with Crippen LogP contribution in [-0.2, 0) is 9.84 Å². The normalized spacial score (nSPS) is 19.7. The molecule has 1 fully saturated rings. The second kappa shape index (κ2) is 6.87. The molecule has 22 heavy (non-hydrogen) atoms. The maximum absolute atomic E-state index is 11.9. The lowest BCUT2D eigenvalue weighted by molar-refractivity contribution is -0.387. The van der Waals surface area contributed by atoms with Crippen LogP contribution in [0.25, 0.3) is 0 Å². The Balaban J connectivity index is 2.52. The van der Waals surface area contributed by atoms with Gasteiger partial charge in [-0.3, -0.25) is 10.1 Å². The number of benzene rings is 1. The molecule has 1 aliphatic heterocycles. The van der Waals surface area contributed by atoms with Crippen LogP contribution in [0.1, 0.15) is 19.3 Å². The van der Waals surface area contributed by atoms with E-state index in [0.29, 0.717) is 24.0 Å². The van der Waals surface area contributed by atoms with E-state index in [1.54, 1.807) is 23.9 Å². The largest absolute Gasteiger partial charge is 0.365 e. The van der Waals surface area contributed by atoms with Gasteiger partial charge in [-0.2, -0.15) is 11.8 Å². The van der Waals surface area contributed by atoms with Gasteiger partial charge in [0, 0.05) is 24.6 Å². The van der Waals surface area contributed by atoms with Crippen molar-refractivity contribution in [2.24, 2.45) is 0 Å². The summed E-state index contributed by atoms with van der Waals surface area (Å²) in [7, 11) is -3.64. The molecule has 1 heterocycles. The zero-order chi connectivity index (χ0) is 16.3. The molecule has 0 amide bonds. The highest BCUT2D eigenvalue weighted by Gasteiger charge is 2.30. The van der Waals surface area contributed by atoms with E-state index in [0.717, 1.165) is 25.5 Å². The zero-order valence-corrected chi connectivity index (χ0v) is 14.3. The summed E-state index contributed by atoms with van der Waals surface area (Å²) in [6, 6.07) is 4.54. The van der Waals surface area contributed by atoms with Crippen molar-refractivity contribution < 1.29 is 13.3 Å². The molecule has 0 aromatic heterocycles. The van der Waals surface area contributed by atoms with Crippen molar-refractivity contribution in [3.63, 3.8) is 0 Å². The standard InChI is InChI=1S/C14H20N2O4S2/c1-21-11-6-3-4-9-15(10-11)12-7-5-8-13(22(2,19)20)14(12)16(17)18/h5,7-8,11H,3-4,6,9-10H2,1-2H3. The molecule has 0 saturated carbocycles. The monoisotopic (exact) mass is 344 g/mol. The number of nitrogens with zero attached hydrogens (tertiary/aromatic N) is 2. The molecule has 8 heteroatoms. The molecule has 1 unspecified atom stereocenters. The van der Waals surface area contributed by atoms with Gasteiger partial charge in [-0.25, -0.2) is 8.42 Å². The second-order valence-electron chi connectivity index (χ2n) is 5.45. The number of hydrogen-bond acceptors (Lipinski definition) is 6. The van der Waals surface area contributed by atoms with Gasteiger partial charge in [0.25, 0.3) is 0 Å². The van der Waals surface area contributed by atoms with Gasteiger partial charge >= 0.3 is 5.69 Å². The summed E-state index contributed by atoms with van der Waals surface area (Å²) in [5.41, 5.74) is 0.112. The quantitative estimate of drug-likeness (QED) is 0.617. The average Bonchev–Trinajstić information content (AvgIpc) is 2.70. The highest BCUT2D eigenvalue weighted by Crippen LogP contribution is 2.36. The molecule has 1 aliphatic rings. The molecule has 1 aromatic rings. The fraction of sp³-hybridized carbons (Fsp3) is 0.571. The minimum Gasteiger partial charge on any atom is -0.365 e. The number of nitro groups is 1. The molecule has 0 N–H and O–H groups in total. The Bertz CT molecular complexity index is 661. The predicted octanol–water partition coefficient (Wildman–Crippen LogP) is 2.72. The SMILES string of the molecule is CSC1CCCCN(c2cccc(S(C)(=O)=O)c2[N+](=O)[O-])C1. The third kappa shape index (κ3) is 3.73. The van der Waals surface area contributed by atoms with Crippen molar-refractivity contribution in [1.82, 2.24) is 0 Å². The third-order valence-corrected chi connectivity index (χ3v) is 6.04. The van der Waals surface area contributed by atoms with E-state index < -0.39 is 14.8 Å². The molecule has 0 radical (unpaired) electrons. The molecule has 6 nitrogen and oxygen atoms in total. The number of rotatable bonds is 4. The lowest BCUT2D eigenvalue weighted by atomic mass is 10.2. The number of para-hydroxylation sites is 1. The molecular formula is C14H20N2O4S2. The average molecular weight is 344 g/mol. The second-order valence-corrected chi connectivity index (χ2v) is 8.57. The molecular weight excluding hydrogens is 324 g/mol. The maximum atomic E-state index is 11.9. The van der Waals surface area contributed by atoms with Crippen LogP contribution < -0.4 is 4.90 Å². The van der Waals surface area contributed by atoms with Crippen molar-refractivity contribution >= 4 is 33.0 Å². The van der Waals surface area contributed by atoms with E-state index in [-0.39, 0.29) is 10.6 Å². The molecule has 0 bridgehead atoms. The summed E-state index contributed by atoms with van der Waals surface area (Å²) < 4.78 is 23.7. The van der Waals surface area contributed by atoms with Crippen LogP contribution in [0.15, 0.2) is 23.1 Å². The number of nitro benzene ring substituents is 1. The van der Waals surface area contributed by atoms with Crippen LogP contribution >= 0.6 is 11.8 Å². The lowest BCUT2D eigenvalue weighted by Crippen LogP contribution is -2.30. The number of thioether (sulfide) groups is 1. The van der Waals surface area contributed by atoms with Gasteiger partial charge < -0.3 is 4.90 Å². The summed E-state index contributed by atoms with van der Waals surface area (Å²) in [5.74, 6) is 0. The molecule has 0 aliphatic carbocycles. The van der Waals surface area contributed by atoms with E-state index in [9.17, 15) is 18.5 Å². The van der Waals surface area contributed by atoms with Crippen molar-refractivity contribution in [3.05, 3.63) is 28.3 Å². The Hall–Kier alpha value is -1.28. The maximum Gasteiger partial charge on any atom is 0.311 e. The third-order valence-electron chi connectivity index (χ3n) is 3.86. The lowest BCUT2D eigenvalue weighted by Gasteiger charge is -2.25. The molecule has 0 spiro atoms. The first-order chi connectivity index (χ1) is 10.3. The zero-order valence-electron chi connectivity index (χ0n) is 12.7. The van der Waals surface area contributed by atoms with Crippen LogP contribution in [0, 0.1) is 10.1 Å². The van der Waals surface area contributed by atoms with E-state index in [4.69, 9.17) is 0 Å². The number of anilines is 1. The number of sulfone groups is 1. The van der Waals surface area contributed by atoms with Gasteiger partial charge in [0.2, 0.25) is 0 Å². The summed E-state index contributed by atoms with van der Waals surface area (Å²) in [4.78, 5) is 12.7. The first-order valence-corrected chi connectivity index (χ1v) is 10.3. The van der Waals surface area contributed by atoms with Crippen LogP contribution in [-0.4, -0.2) is 44.2 Å². The van der Waals surface area contributed by atoms with Crippen LogP contribution in [0.4, 0.5) is 11.4 Å². The Labute approximate surface area is 135 Å². The summed E-state index contributed by atoms with van der Waals surface area (Å²) in [5, 5.41) is 11.9. The van der Waals surface area contributed by atoms with Crippen LogP contribution in [0.2, 0.25) is 0 Å². The highest BCUT2D eigenvalue weighted by molar-refractivity contribution is 7.99. The number of hydrogen-bond donors (Lipinski definition) is 0. The molecule has 1 saturated heterocycles. The molecule has 1 aromatic carbocycles. The molecule has 2 rings (SSSR count). The van der Waals surface area contributed by atoms with Gasteiger partial charge in [-0.1, -0.05) is 12.5 Å². The predicted molar refractivity (Wildman–Crippen MR) is 89.6 cm³/mol. The highest BCUT2D eigenvalue weighted by atomic mass is 32.2. The van der Waals surface area contributed by atoms with Crippen molar-refractivity contribution in [2.45, 2.75) is 29.4 Å².